The number of aryl methyl sites for hydroxylation is 1. The van der Waals surface area contributed by atoms with E-state index >= 15 is 0 Å². The third-order valence-electron chi connectivity index (χ3n) is 3.55. The summed E-state index contributed by atoms with van der Waals surface area (Å²) in [7, 11) is 0. The highest BCUT2D eigenvalue weighted by Gasteiger charge is 2.32. The third-order valence-corrected chi connectivity index (χ3v) is 3.80. The molecule has 2 aromatic rings. The smallest absolute Gasteiger partial charge is 0.247 e. The fourth-order valence-electron chi connectivity index (χ4n) is 2.29. The van der Waals surface area contributed by atoms with Gasteiger partial charge in [-0.3, -0.25) is 4.79 Å². The normalized spacial score (nSPS) is 16.5. The molecule has 124 valence electrons. The highest BCUT2D eigenvalue weighted by atomic mass is 35.5. The van der Waals surface area contributed by atoms with Crippen molar-refractivity contribution in [3.05, 3.63) is 64.7 Å². The number of amides is 1. The lowest BCUT2D eigenvalue weighted by Gasteiger charge is -2.19. The van der Waals surface area contributed by atoms with E-state index in [-0.39, 0.29) is 12.5 Å². The van der Waals surface area contributed by atoms with E-state index in [1.54, 1.807) is 24.3 Å². The van der Waals surface area contributed by atoms with E-state index in [9.17, 15) is 4.79 Å². The lowest BCUT2D eigenvalue weighted by molar-refractivity contribution is -0.135. The highest BCUT2D eigenvalue weighted by molar-refractivity contribution is 6.30. The highest BCUT2D eigenvalue weighted by Crippen LogP contribution is 2.28. The van der Waals surface area contributed by atoms with Crippen LogP contribution in [0.25, 0.3) is 0 Å². The molecule has 2 aromatic carbocycles. The Bertz CT molecular complexity index is 757. The van der Waals surface area contributed by atoms with Crippen LogP contribution in [0.5, 0.6) is 5.75 Å². The quantitative estimate of drug-likeness (QED) is 0.844. The minimum absolute atomic E-state index is 0.133. The van der Waals surface area contributed by atoms with Gasteiger partial charge in [0.1, 0.15) is 5.75 Å². The molecule has 6 heteroatoms. The van der Waals surface area contributed by atoms with E-state index in [2.05, 4.69) is 5.10 Å². The third kappa shape index (κ3) is 3.68. The monoisotopic (exact) mass is 344 g/mol. The van der Waals surface area contributed by atoms with Crippen LogP contribution in [0.4, 0.5) is 0 Å². The minimum atomic E-state index is -0.563. The van der Waals surface area contributed by atoms with Crippen molar-refractivity contribution in [3.63, 3.8) is 0 Å². The van der Waals surface area contributed by atoms with Crippen molar-refractivity contribution >= 4 is 23.4 Å². The number of rotatable bonds is 4. The number of hydrazone groups is 1. The van der Waals surface area contributed by atoms with Gasteiger partial charge in [0.05, 0.1) is 0 Å². The molecular weight excluding hydrogens is 328 g/mol. The number of carbonyl (C=O) groups is 1. The second kappa shape index (κ2) is 6.93. The first-order valence-corrected chi connectivity index (χ1v) is 7.89. The van der Waals surface area contributed by atoms with Crippen LogP contribution >= 0.6 is 11.6 Å². The van der Waals surface area contributed by atoms with Crippen molar-refractivity contribution in [1.82, 2.24) is 5.01 Å². The van der Waals surface area contributed by atoms with Gasteiger partial charge in [-0.25, -0.2) is 0 Å². The Balaban J connectivity index is 1.70. The maximum absolute atomic E-state index is 11.8. The van der Waals surface area contributed by atoms with E-state index in [4.69, 9.17) is 21.1 Å². The molecule has 0 saturated heterocycles. The summed E-state index contributed by atoms with van der Waals surface area (Å²) in [5.41, 5.74) is 2.00. The molecule has 0 aliphatic carbocycles. The van der Waals surface area contributed by atoms with E-state index in [0.717, 1.165) is 11.1 Å². The van der Waals surface area contributed by atoms with E-state index in [1.165, 1.54) is 11.9 Å². The van der Waals surface area contributed by atoms with Crippen molar-refractivity contribution in [2.75, 3.05) is 6.61 Å². The van der Waals surface area contributed by atoms with Crippen LogP contribution in [0, 0.1) is 6.92 Å². The van der Waals surface area contributed by atoms with Crippen molar-refractivity contribution < 1.29 is 14.3 Å². The molecule has 1 aliphatic rings. The molecule has 1 atom stereocenters. The number of halogens is 1. The first-order chi connectivity index (χ1) is 11.5. The average Bonchev–Trinajstić information content (AvgIpc) is 3.00. The molecule has 0 unspecified atom stereocenters. The molecular formula is C18H17ClN2O3. The summed E-state index contributed by atoms with van der Waals surface area (Å²) in [4.78, 5) is 11.8. The SMILES string of the molecule is CC(=O)N1N=C(COc2ccc(Cl)cc2)O[C@@H]1c1ccc(C)cc1. The molecule has 0 aromatic heterocycles. The van der Waals surface area contributed by atoms with Crippen molar-refractivity contribution in [2.45, 2.75) is 20.1 Å². The van der Waals surface area contributed by atoms with Crippen LogP contribution in [0.1, 0.15) is 24.3 Å². The Labute approximate surface area is 145 Å². The molecule has 1 aliphatic heterocycles. The van der Waals surface area contributed by atoms with Gasteiger partial charge in [-0.15, -0.1) is 5.10 Å². The molecule has 0 bridgehead atoms. The van der Waals surface area contributed by atoms with Crippen molar-refractivity contribution in [1.29, 1.82) is 0 Å². The van der Waals surface area contributed by atoms with Gasteiger partial charge in [-0.2, -0.15) is 5.01 Å². The zero-order valence-corrected chi connectivity index (χ0v) is 14.2. The number of benzene rings is 2. The summed E-state index contributed by atoms with van der Waals surface area (Å²) in [5.74, 6) is 0.812. The molecule has 0 spiro atoms. The number of carbonyl (C=O) groups excluding carboxylic acids is 1. The fraction of sp³-hybridized carbons (Fsp3) is 0.222. The zero-order valence-electron chi connectivity index (χ0n) is 13.4. The standard InChI is InChI=1S/C18H17ClN2O3/c1-12-3-5-14(6-4-12)18-21(13(2)22)20-17(24-18)11-23-16-9-7-15(19)8-10-16/h3-10,18H,11H2,1-2H3/t18-/m1/s1. The van der Waals surface area contributed by atoms with Crippen LogP contribution in [0.3, 0.4) is 0 Å². The van der Waals surface area contributed by atoms with Gasteiger partial charge in [0.15, 0.2) is 6.61 Å². The number of nitrogens with zero attached hydrogens (tertiary/aromatic N) is 2. The Morgan fingerprint density at radius 1 is 1.21 bits per heavy atom. The summed E-state index contributed by atoms with van der Waals surface area (Å²) in [5, 5.41) is 6.19. The summed E-state index contributed by atoms with van der Waals surface area (Å²) in [6.45, 7) is 3.59. The van der Waals surface area contributed by atoms with Crippen molar-refractivity contribution in [3.8, 4) is 5.75 Å². The molecule has 24 heavy (non-hydrogen) atoms. The van der Waals surface area contributed by atoms with Gasteiger partial charge in [0.25, 0.3) is 0 Å². The summed E-state index contributed by atoms with van der Waals surface area (Å²) in [6.07, 6.45) is -0.563. The first kappa shape index (κ1) is 16.3. The molecule has 1 amide bonds. The van der Waals surface area contributed by atoms with Gasteiger partial charge in [-0.05, 0) is 31.2 Å². The Kier molecular flexibility index (Phi) is 4.71. The van der Waals surface area contributed by atoms with Crippen LogP contribution in [-0.2, 0) is 9.53 Å². The summed E-state index contributed by atoms with van der Waals surface area (Å²) in [6, 6.07) is 14.8. The number of hydrogen-bond acceptors (Lipinski definition) is 4. The van der Waals surface area contributed by atoms with Crippen LogP contribution in [0.15, 0.2) is 53.6 Å². The van der Waals surface area contributed by atoms with Crippen LogP contribution in [-0.4, -0.2) is 23.4 Å². The van der Waals surface area contributed by atoms with Gasteiger partial charge in [0.2, 0.25) is 18.0 Å². The zero-order chi connectivity index (χ0) is 17.1. The van der Waals surface area contributed by atoms with Gasteiger partial charge in [0, 0.05) is 17.5 Å². The minimum Gasteiger partial charge on any atom is -0.484 e. The van der Waals surface area contributed by atoms with Gasteiger partial charge < -0.3 is 9.47 Å². The Morgan fingerprint density at radius 3 is 2.50 bits per heavy atom. The molecule has 3 rings (SSSR count). The lowest BCUT2D eigenvalue weighted by Crippen LogP contribution is -2.25. The fourth-order valence-corrected chi connectivity index (χ4v) is 2.42. The summed E-state index contributed by atoms with van der Waals surface area (Å²) >= 11 is 5.84. The largest absolute Gasteiger partial charge is 0.484 e. The van der Waals surface area contributed by atoms with Gasteiger partial charge >= 0.3 is 0 Å². The van der Waals surface area contributed by atoms with Crippen molar-refractivity contribution in [2.24, 2.45) is 5.10 Å². The predicted molar refractivity (Wildman–Crippen MR) is 91.9 cm³/mol. The van der Waals surface area contributed by atoms with E-state index in [0.29, 0.717) is 16.7 Å². The second-order valence-electron chi connectivity index (χ2n) is 5.48. The molecule has 1 heterocycles. The molecule has 0 radical (unpaired) electrons. The second-order valence-corrected chi connectivity index (χ2v) is 5.92. The number of ether oxygens (including phenoxy) is 2. The lowest BCUT2D eigenvalue weighted by atomic mass is 10.1. The maximum atomic E-state index is 11.8. The molecule has 0 saturated carbocycles. The summed E-state index contributed by atoms with van der Waals surface area (Å²) < 4.78 is 11.4. The van der Waals surface area contributed by atoms with Gasteiger partial charge in [-0.1, -0.05) is 41.4 Å². The topological polar surface area (TPSA) is 51.1 Å². The maximum Gasteiger partial charge on any atom is 0.247 e. The first-order valence-electron chi connectivity index (χ1n) is 7.52. The Morgan fingerprint density at radius 2 is 1.88 bits per heavy atom. The number of hydrogen-bond donors (Lipinski definition) is 0. The predicted octanol–water partition coefficient (Wildman–Crippen LogP) is 3.92. The van der Waals surface area contributed by atoms with E-state index in [1.807, 2.05) is 31.2 Å². The Hall–Kier alpha value is -2.53. The molecule has 0 N–H and O–H groups in total. The average molecular weight is 345 g/mol. The molecule has 0 fully saturated rings. The molecule has 5 nitrogen and oxygen atoms in total. The van der Waals surface area contributed by atoms with Crippen LogP contribution in [0.2, 0.25) is 5.02 Å². The van der Waals surface area contributed by atoms with E-state index < -0.39 is 6.23 Å². The van der Waals surface area contributed by atoms with Crippen LogP contribution < -0.4 is 4.74 Å².